The molecule has 0 atom stereocenters. The van der Waals surface area contributed by atoms with Gasteiger partial charge in [-0.15, -0.1) is 0 Å². The minimum atomic E-state index is -0.214. The number of nitrogens with one attached hydrogen (secondary N) is 1. The summed E-state index contributed by atoms with van der Waals surface area (Å²) < 4.78 is 0. The molecule has 16 heavy (non-hydrogen) atoms. The van der Waals surface area contributed by atoms with Crippen molar-refractivity contribution in [1.82, 2.24) is 15.0 Å². The van der Waals surface area contributed by atoms with Gasteiger partial charge >= 0.3 is 0 Å². The van der Waals surface area contributed by atoms with Crippen LogP contribution in [0, 0.1) is 6.92 Å². The van der Waals surface area contributed by atoms with Gasteiger partial charge in [0.1, 0.15) is 5.69 Å². The minimum absolute atomic E-state index is 0.214. The highest BCUT2D eigenvalue weighted by Crippen LogP contribution is 2.11. The Bertz CT molecular complexity index is 562. The van der Waals surface area contributed by atoms with E-state index in [4.69, 9.17) is 5.73 Å². The quantitative estimate of drug-likeness (QED) is 0.769. The van der Waals surface area contributed by atoms with Gasteiger partial charge in [0.2, 0.25) is 0 Å². The average molecular weight is 216 g/mol. The van der Waals surface area contributed by atoms with Crippen LogP contribution in [0.2, 0.25) is 0 Å². The number of nitrogens with two attached hydrogens (primary N) is 1. The van der Waals surface area contributed by atoms with Gasteiger partial charge in [-0.05, 0) is 24.6 Å². The maximum Gasteiger partial charge on any atom is 0.251 e. The molecule has 0 aromatic carbocycles. The lowest BCUT2D eigenvalue weighted by molar-refractivity contribution is 0.950. The molecule has 2 rings (SSSR count). The first kappa shape index (κ1) is 10.5. The molecule has 2 aromatic rings. The second kappa shape index (κ2) is 4.24. The van der Waals surface area contributed by atoms with Gasteiger partial charge in [-0.1, -0.05) is 0 Å². The SMILES string of the molecule is Cc1ccnc(-c2nc(CN)cc(=O)[nH]2)c1. The Morgan fingerprint density at radius 1 is 1.44 bits per heavy atom. The van der Waals surface area contributed by atoms with Crippen molar-refractivity contribution in [2.24, 2.45) is 5.73 Å². The van der Waals surface area contributed by atoms with Crippen LogP contribution in [0.5, 0.6) is 0 Å². The Hall–Kier alpha value is -2.01. The Kier molecular flexibility index (Phi) is 2.78. The molecule has 0 saturated carbocycles. The molecule has 0 aliphatic rings. The number of aromatic nitrogens is 3. The van der Waals surface area contributed by atoms with Crippen LogP contribution in [0.25, 0.3) is 11.5 Å². The normalized spacial score (nSPS) is 10.4. The fourth-order valence-electron chi connectivity index (χ4n) is 1.40. The van der Waals surface area contributed by atoms with Crippen LogP contribution < -0.4 is 11.3 Å². The third kappa shape index (κ3) is 2.14. The second-order valence-corrected chi connectivity index (χ2v) is 3.51. The lowest BCUT2D eigenvalue weighted by Gasteiger charge is -2.02. The molecule has 2 heterocycles. The third-order valence-electron chi connectivity index (χ3n) is 2.16. The van der Waals surface area contributed by atoms with Crippen LogP contribution >= 0.6 is 0 Å². The number of nitrogens with zero attached hydrogens (tertiary/aromatic N) is 2. The average Bonchev–Trinajstić information content (AvgIpc) is 2.28. The number of rotatable bonds is 2. The van der Waals surface area contributed by atoms with E-state index in [0.717, 1.165) is 5.56 Å². The molecule has 2 aromatic heterocycles. The molecule has 0 fully saturated rings. The number of aryl methyl sites for hydroxylation is 1. The zero-order valence-corrected chi connectivity index (χ0v) is 8.90. The predicted octanol–water partition coefficient (Wildman–Crippen LogP) is 0.599. The topological polar surface area (TPSA) is 84.7 Å². The fourth-order valence-corrected chi connectivity index (χ4v) is 1.40. The molecule has 3 N–H and O–H groups in total. The maximum absolute atomic E-state index is 11.3. The first-order valence-electron chi connectivity index (χ1n) is 4.92. The van der Waals surface area contributed by atoms with E-state index < -0.39 is 0 Å². The van der Waals surface area contributed by atoms with Crippen molar-refractivity contribution in [3.63, 3.8) is 0 Å². The summed E-state index contributed by atoms with van der Waals surface area (Å²) in [7, 11) is 0. The van der Waals surface area contributed by atoms with Crippen molar-refractivity contribution in [1.29, 1.82) is 0 Å². The Morgan fingerprint density at radius 2 is 2.25 bits per heavy atom. The first-order chi connectivity index (χ1) is 7.69. The van der Waals surface area contributed by atoms with Gasteiger partial charge in [0.25, 0.3) is 5.56 Å². The van der Waals surface area contributed by atoms with Crippen LogP contribution in [-0.4, -0.2) is 15.0 Å². The van der Waals surface area contributed by atoms with E-state index in [1.54, 1.807) is 6.20 Å². The summed E-state index contributed by atoms with van der Waals surface area (Å²) in [4.78, 5) is 22.4. The Morgan fingerprint density at radius 3 is 2.94 bits per heavy atom. The summed E-state index contributed by atoms with van der Waals surface area (Å²) in [5, 5.41) is 0. The molecule has 0 radical (unpaired) electrons. The number of H-pyrrole nitrogens is 1. The second-order valence-electron chi connectivity index (χ2n) is 3.51. The molecular weight excluding hydrogens is 204 g/mol. The standard InChI is InChI=1S/C11H12N4O/c1-7-2-3-13-9(4-7)11-14-8(6-12)5-10(16)15-11/h2-5H,6,12H2,1H3,(H,14,15,16). The monoisotopic (exact) mass is 216 g/mol. The molecule has 82 valence electrons. The molecule has 0 aliphatic carbocycles. The van der Waals surface area contributed by atoms with E-state index in [1.807, 2.05) is 19.1 Å². The van der Waals surface area contributed by atoms with Crippen molar-refractivity contribution >= 4 is 0 Å². The van der Waals surface area contributed by atoms with Crippen LogP contribution in [0.3, 0.4) is 0 Å². The minimum Gasteiger partial charge on any atom is -0.325 e. The summed E-state index contributed by atoms with van der Waals surface area (Å²) in [6.45, 7) is 2.19. The van der Waals surface area contributed by atoms with Crippen molar-refractivity contribution in [3.05, 3.63) is 46.0 Å². The van der Waals surface area contributed by atoms with Crippen molar-refractivity contribution in [2.45, 2.75) is 13.5 Å². The number of pyridine rings is 1. The lowest BCUT2D eigenvalue weighted by Crippen LogP contribution is -2.13. The zero-order valence-electron chi connectivity index (χ0n) is 8.90. The summed E-state index contributed by atoms with van der Waals surface area (Å²) in [6, 6.07) is 5.13. The van der Waals surface area contributed by atoms with E-state index in [2.05, 4.69) is 15.0 Å². The molecule has 0 spiro atoms. The largest absolute Gasteiger partial charge is 0.325 e. The van der Waals surface area contributed by atoms with E-state index >= 15 is 0 Å². The van der Waals surface area contributed by atoms with Gasteiger partial charge in [-0.3, -0.25) is 9.78 Å². The molecular formula is C11H12N4O. The number of aromatic amines is 1. The van der Waals surface area contributed by atoms with E-state index in [1.165, 1.54) is 6.07 Å². The lowest BCUT2D eigenvalue weighted by atomic mass is 10.2. The van der Waals surface area contributed by atoms with Gasteiger partial charge in [0, 0.05) is 18.8 Å². The van der Waals surface area contributed by atoms with Gasteiger partial charge in [-0.2, -0.15) is 0 Å². The number of hydrogen-bond donors (Lipinski definition) is 2. The summed E-state index contributed by atoms with van der Waals surface area (Å²) >= 11 is 0. The Labute approximate surface area is 92.4 Å². The first-order valence-corrected chi connectivity index (χ1v) is 4.92. The highest BCUT2D eigenvalue weighted by molar-refractivity contribution is 5.49. The fraction of sp³-hybridized carbons (Fsp3) is 0.182. The van der Waals surface area contributed by atoms with Crippen molar-refractivity contribution in [2.75, 3.05) is 0 Å². The highest BCUT2D eigenvalue weighted by atomic mass is 16.1. The molecule has 5 nitrogen and oxygen atoms in total. The van der Waals surface area contributed by atoms with E-state index in [9.17, 15) is 4.79 Å². The van der Waals surface area contributed by atoms with Crippen LogP contribution in [-0.2, 0) is 6.54 Å². The van der Waals surface area contributed by atoms with E-state index in [0.29, 0.717) is 17.2 Å². The summed E-state index contributed by atoms with van der Waals surface area (Å²) in [5.74, 6) is 0.455. The molecule has 0 amide bonds. The molecule has 0 bridgehead atoms. The molecule has 0 aliphatic heterocycles. The van der Waals surface area contributed by atoms with Crippen LogP contribution in [0.1, 0.15) is 11.3 Å². The van der Waals surface area contributed by atoms with Crippen LogP contribution in [0.15, 0.2) is 29.2 Å². The summed E-state index contributed by atoms with van der Waals surface area (Å²) in [6.07, 6.45) is 1.68. The van der Waals surface area contributed by atoms with Gasteiger partial charge in [0.15, 0.2) is 5.82 Å². The van der Waals surface area contributed by atoms with Gasteiger partial charge in [0.05, 0.1) is 5.69 Å². The van der Waals surface area contributed by atoms with Crippen molar-refractivity contribution in [3.8, 4) is 11.5 Å². The molecule has 0 unspecified atom stereocenters. The van der Waals surface area contributed by atoms with Crippen molar-refractivity contribution < 1.29 is 0 Å². The highest BCUT2D eigenvalue weighted by Gasteiger charge is 2.04. The maximum atomic E-state index is 11.3. The Balaban J connectivity index is 2.55. The predicted molar refractivity (Wildman–Crippen MR) is 60.7 cm³/mol. The molecule has 0 saturated heterocycles. The smallest absolute Gasteiger partial charge is 0.251 e. The van der Waals surface area contributed by atoms with Crippen LogP contribution in [0.4, 0.5) is 0 Å². The molecule has 5 heteroatoms. The number of hydrogen-bond acceptors (Lipinski definition) is 4. The van der Waals surface area contributed by atoms with Gasteiger partial charge < -0.3 is 10.7 Å². The zero-order chi connectivity index (χ0) is 11.5. The summed E-state index contributed by atoms with van der Waals surface area (Å²) in [5.41, 5.74) is 7.51. The van der Waals surface area contributed by atoms with Gasteiger partial charge in [-0.25, -0.2) is 4.98 Å². The third-order valence-corrected chi connectivity index (χ3v) is 2.16. The van der Waals surface area contributed by atoms with E-state index in [-0.39, 0.29) is 12.1 Å².